The van der Waals surface area contributed by atoms with E-state index in [0.717, 1.165) is 34.8 Å². The highest BCUT2D eigenvalue weighted by Crippen LogP contribution is 2.24. The number of hydrogen-bond donors (Lipinski definition) is 2. The summed E-state index contributed by atoms with van der Waals surface area (Å²) < 4.78 is 0. The van der Waals surface area contributed by atoms with Crippen molar-refractivity contribution >= 4 is 29.0 Å². The fourth-order valence-electron chi connectivity index (χ4n) is 3.58. The minimum Gasteiger partial charge on any atom is -0.349 e. The van der Waals surface area contributed by atoms with E-state index in [2.05, 4.69) is 15.6 Å². The van der Waals surface area contributed by atoms with Gasteiger partial charge in [0.25, 0.3) is 5.91 Å². The number of amides is 3. The Morgan fingerprint density at radius 2 is 1.80 bits per heavy atom. The summed E-state index contributed by atoms with van der Waals surface area (Å²) >= 11 is 1.63. The number of carbonyl (C=O) groups is 2. The zero-order valence-electron chi connectivity index (χ0n) is 16.8. The van der Waals surface area contributed by atoms with Crippen LogP contribution >= 0.6 is 11.3 Å². The van der Waals surface area contributed by atoms with E-state index in [1.807, 2.05) is 66.9 Å². The standard InChI is InChI=1S/C23H24N4O2S/c1-16-19(9-10-20(24-16)21-8-5-15-30-21)22(28)25-18-11-13-27(14-12-18)23(29)26-17-6-3-2-4-7-17/h2-10,15,18H,11-14H2,1H3,(H,25,28)(H,26,29). The lowest BCUT2D eigenvalue weighted by Crippen LogP contribution is -2.47. The molecule has 0 saturated carbocycles. The maximum absolute atomic E-state index is 12.7. The van der Waals surface area contributed by atoms with Gasteiger partial charge in [-0.2, -0.15) is 0 Å². The topological polar surface area (TPSA) is 74.3 Å². The van der Waals surface area contributed by atoms with Gasteiger partial charge < -0.3 is 15.5 Å². The summed E-state index contributed by atoms with van der Waals surface area (Å²) in [5.41, 5.74) is 2.99. The molecule has 0 atom stereocenters. The molecule has 2 aromatic heterocycles. The molecule has 2 N–H and O–H groups in total. The van der Waals surface area contributed by atoms with Crippen LogP contribution in [0.4, 0.5) is 10.5 Å². The van der Waals surface area contributed by atoms with Crippen molar-refractivity contribution < 1.29 is 9.59 Å². The van der Waals surface area contributed by atoms with Gasteiger partial charge in [0, 0.05) is 24.8 Å². The fourth-order valence-corrected chi connectivity index (χ4v) is 4.27. The van der Waals surface area contributed by atoms with Gasteiger partial charge in [0.2, 0.25) is 0 Å². The molecule has 0 unspecified atom stereocenters. The van der Waals surface area contributed by atoms with Crippen molar-refractivity contribution in [1.82, 2.24) is 15.2 Å². The second-order valence-corrected chi connectivity index (χ2v) is 8.29. The minimum atomic E-state index is -0.107. The quantitative estimate of drug-likeness (QED) is 0.650. The van der Waals surface area contributed by atoms with Crippen LogP contribution in [0.1, 0.15) is 28.9 Å². The molecule has 1 fully saturated rings. The summed E-state index contributed by atoms with van der Waals surface area (Å²) in [5.74, 6) is -0.107. The van der Waals surface area contributed by atoms with Crippen molar-refractivity contribution in [2.24, 2.45) is 0 Å². The highest BCUT2D eigenvalue weighted by Gasteiger charge is 2.25. The van der Waals surface area contributed by atoms with Gasteiger partial charge in [0.05, 0.1) is 21.8 Å². The Labute approximate surface area is 180 Å². The van der Waals surface area contributed by atoms with Crippen LogP contribution in [0.3, 0.4) is 0 Å². The Bertz CT molecular complexity index is 1010. The van der Waals surface area contributed by atoms with E-state index < -0.39 is 0 Å². The van der Waals surface area contributed by atoms with Gasteiger partial charge in [-0.1, -0.05) is 24.3 Å². The largest absolute Gasteiger partial charge is 0.349 e. The van der Waals surface area contributed by atoms with E-state index >= 15 is 0 Å². The maximum Gasteiger partial charge on any atom is 0.321 e. The number of thiophene rings is 1. The molecule has 3 amide bonds. The number of hydrogen-bond acceptors (Lipinski definition) is 4. The number of aryl methyl sites for hydroxylation is 1. The number of carbonyl (C=O) groups excluding carboxylic acids is 2. The van der Waals surface area contributed by atoms with Crippen molar-refractivity contribution in [3.05, 3.63) is 71.2 Å². The number of anilines is 1. The average Bonchev–Trinajstić information content (AvgIpc) is 3.30. The molecule has 3 heterocycles. The number of pyridine rings is 1. The number of para-hydroxylation sites is 1. The van der Waals surface area contributed by atoms with Gasteiger partial charge >= 0.3 is 6.03 Å². The van der Waals surface area contributed by atoms with Crippen LogP contribution in [0, 0.1) is 6.92 Å². The normalized spacial score (nSPS) is 14.4. The Hall–Kier alpha value is -3.19. The molecule has 0 radical (unpaired) electrons. The van der Waals surface area contributed by atoms with Crippen LogP contribution in [0.25, 0.3) is 10.6 Å². The lowest BCUT2D eigenvalue weighted by atomic mass is 10.0. The number of rotatable bonds is 4. The van der Waals surface area contributed by atoms with Crippen molar-refractivity contribution in [3.8, 4) is 10.6 Å². The summed E-state index contributed by atoms with van der Waals surface area (Å²) in [7, 11) is 0. The summed E-state index contributed by atoms with van der Waals surface area (Å²) in [6.07, 6.45) is 1.46. The first kappa shape index (κ1) is 20.1. The Morgan fingerprint density at radius 1 is 1.03 bits per heavy atom. The number of likely N-dealkylation sites (tertiary alicyclic amines) is 1. The number of urea groups is 1. The van der Waals surface area contributed by atoms with Gasteiger partial charge in [0.15, 0.2) is 0 Å². The highest BCUT2D eigenvalue weighted by molar-refractivity contribution is 7.13. The molecule has 3 aromatic rings. The third kappa shape index (κ3) is 4.68. The maximum atomic E-state index is 12.7. The minimum absolute atomic E-state index is 0.0506. The number of aromatic nitrogens is 1. The molecular formula is C23H24N4O2S. The van der Waals surface area contributed by atoms with Crippen LogP contribution < -0.4 is 10.6 Å². The summed E-state index contributed by atoms with van der Waals surface area (Å²) in [6.45, 7) is 3.08. The molecule has 1 aromatic carbocycles. The second-order valence-electron chi connectivity index (χ2n) is 7.34. The van der Waals surface area contributed by atoms with Crippen LogP contribution in [-0.2, 0) is 0 Å². The van der Waals surface area contributed by atoms with Crippen molar-refractivity contribution in [3.63, 3.8) is 0 Å². The van der Waals surface area contributed by atoms with Crippen LogP contribution in [0.5, 0.6) is 0 Å². The monoisotopic (exact) mass is 420 g/mol. The third-order valence-electron chi connectivity index (χ3n) is 5.25. The highest BCUT2D eigenvalue weighted by atomic mass is 32.1. The van der Waals surface area contributed by atoms with E-state index in [4.69, 9.17) is 0 Å². The van der Waals surface area contributed by atoms with Crippen LogP contribution in [0.2, 0.25) is 0 Å². The van der Waals surface area contributed by atoms with Gasteiger partial charge in [-0.15, -0.1) is 11.3 Å². The molecular weight excluding hydrogens is 396 g/mol. The Kier molecular flexibility index (Phi) is 6.09. The average molecular weight is 421 g/mol. The zero-order chi connectivity index (χ0) is 20.9. The lowest BCUT2D eigenvalue weighted by molar-refractivity contribution is 0.0918. The lowest BCUT2D eigenvalue weighted by Gasteiger charge is -2.32. The Balaban J connectivity index is 1.30. The SMILES string of the molecule is Cc1nc(-c2cccs2)ccc1C(=O)NC1CCN(C(=O)Nc2ccccc2)CC1. The van der Waals surface area contributed by atoms with E-state index in [1.54, 1.807) is 16.2 Å². The molecule has 1 aliphatic heterocycles. The van der Waals surface area contributed by atoms with E-state index in [-0.39, 0.29) is 18.0 Å². The first-order valence-electron chi connectivity index (χ1n) is 10.0. The van der Waals surface area contributed by atoms with E-state index in [0.29, 0.717) is 18.7 Å². The fraction of sp³-hybridized carbons (Fsp3) is 0.261. The molecule has 1 aliphatic rings. The molecule has 1 saturated heterocycles. The molecule has 6 nitrogen and oxygen atoms in total. The number of piperidine rings is 1. The van der Waals surface area contributed by atoms with Gasteiger partial charge in [0.1, 0.15) is 0 Å². The van der Waals surface area contributed by atoms with E-state index in [1.165, 1.54) is 0 Å². The number of nitrogens with one attached hydrogen (secondary N) is 2. The number of benzene rings is 1. The summed E-state index contributed by atoms with van der Waals surface area (Å²) in [5, 5.41) is 8.03. The molecule has 30 heavy (non-hydrogen) atoms. The van der Waals surface area contributed by atoms with Crippen molar-refractivity contribution in [1.29, 1.82) is 0 Å². The Morgan fingerprint density at radius 3 is 2.47 bits per heavy atom. The molecule has 4 rings (SSSR count). The van der Waals surface area contributed by atoms with Gasteiger partial charge in [-0.3, -0.25) is 9.78 Å². The second kappa shape index (κ2) is 9.09. The predicted molar refractivity (Wildman–Crippen MR) is 120 cm³/mol. The van der Waals surface area contributed by atoms with Gasteiger partial charge in [-0.25, -0.2) is 4.79 Å². The zero-order valence-corrected chi connectivity index (χ0v) is 17.6. The molecule has 154 valence electrons. The predicted octanol–water partition coefficient (Wildman–Crippen LogP) is 4.54. The van der Waals surface area contributed by atoms with Crippen molar-refractivity contribution in [2.75, 3.05) is 18.4 Å². The smallest absolute Gasteiger partial charge is 0.321 e. The van der Waals surface area contributed by atoms with Crippen molar-refractivity contribution in [2.45, 2.75) is 25.8 Å². The first-order valence-corrected chi connectivity index (χ1v) is 10.9. The first-order chi connectivity index (χ1) is 14.6. The molecule has 0 spiro atoms. The molecule has 0 bridgehead atoms. The van der Waals surface area contributed by atoms with Gasteiger partial charge in [-0.05, 0) is 55.5 Å². The number of nitrogens with zero attached hydrogens (tertiary/aromatic N) is 2. The summed E-state index contributed by atoms with van der Waals surface area (Å²) in [4.78, 5) is 32.6. The van der Waals surface area contributed by atoms with Crippen LogP contribution in [-0.4, -0.2) is 41.0 Å². The summed E-state index contributed by atoms with van der Waals surface area (Å²) in [6, 6.07) is 17.1. The van der Waals surface area contributed by atoms with Crippen LogP contribution in [0.15, 0.2) is 60.0 Å². The molecule has 0 aliphatic carbocycles. The third-order valence-corrected chi connectivity index (χ3v) is 6.14. The van der Waals surface area contributed by atoms with E-state index in [9.17, 15) is 9.59 Å². The molecule has 7 heteroatoms.